The van der Waals surface area contributed by atoms with Gasteiger partial charge in [0.05, 0.1) is 19.5 Å². The van der Waals surface area contributed by atoms with Crippen LogP contribution >= 0.6 is 11.8 Å². The van der Waals surface area contributed by atoms with Gasteiger partial charge in [0, 0.05) is 12.1 Å². The average molecular weight is 392 g/mol. The number of aromatic nitrogens is 3. The second kappa shape index (κ2) is 9.96. The molecule has 2 rings (SSSR count). The standard InChI is InChI=1S/C18H24N4O4S/c1-5-26-18(24)19-15(23)11-27-17-21-20-16(22(17)10-12(2)3)13-6-8-14(25-4)9-7-13/h6-9,12H,5,10-11H2,1-4H3,(H,19,23,24). The molecule has 8 nitrogen and oxygen atoms in total. The number of methoxy groups -OCH3 is 1. The summed E-state index contributed by atoms with van der Waals surface area (Å²) in [7, 11) is 1.62. The van der Waals surface area contributed by atoms with E-state index in [4.69, 9.17) is 9.47 Å². The molecule has 0 radical (unpaired) electrons. The zero-order valence-electron chi connectivity index (χ0n) is 15.9. The molecular weight excluding hydrogens is 368 g/mol. The Labute approximate surface area is 162 Å². The zero-order chi connectivity index (χ0) is 19.8. The van der Waals surface area contributed by atoms with Crippen molar-refractivity contribution in [2.45, 2.75) is 32.5 Å². The van der Waals surface area contributed by atoms with E-state index in [0.29, 0.717) is 17.6 Å². The first kappa shape index (κ1) is 20.8. The van der Waals surface area contributed by atoms with Crippen LogP contribution in [0.1, 0.15) is 20.8 Å². The number of imide groups is 1. The van der Waals surface area contributed by atoms with E-state index >= 15 is 0 Å². The summed E-state index contributed by atoms with van der Waals surface area (Å²) in [6.45, 7) is 6.78. The highest BCUT2D eigenvalue weighted by Gasteiger charge is 2.17. The maximum absolute atomic E-state index is 11.9. The number of carbonyl (C=O) groups excluding carboxylic acids is 2. The first-order valence-corrected chi connectivity index (χ1v) is 9.60. The maximum atomic E-state index is 11.9. The lowest BCUT2D eigenvalue weighted by Crippen LogP contribution is -2.32. The molecule has 0 bridgehead atoms. The lowest BCUT2D eigenvalue weighted by molar-refractivity contribution is -0.117. The van der Waals surface area contributed by atoms with E-state index in [1.165, 1.54) is 11.8 Å². The molecule has 9 heteroatoms. The van der Waals surface area contributed by atoms with Crippen LogP contribution in [-0.2, 0) is 16.1 Å². The van der Waals surface area contributed by atoms with E-state index in [9.17, 15) is 9.59 Å². The predicted molar refractivity (Wildman–Crippen MR) is 103 cm³/mol. The number of thioether (sulfide) groups is 1. The largest absolute Gasteiger partial charge is 0.497 e. The summed E-state index contributed by atoms with van der Waals surface area (Å²) in [5.41, 5.74) is 0.909. The van der Waals surface area contributed by atoms with Crippen molar-refractivity contribution in [3.63, 3.8) is 0 Å². The minimum absolute atomic E-state index is 0.0393. The molecule has 0 aliphatic carbocycles. The third-order valence-electron chi connectivity index (χ3n) is 3.46. The minimum atomic E-state index is -0.745. The topological polar surface area (TPSA) is 95.3 Å². The van der Waals surface area contributed by atoms with Crippen molar-refractivity contribution >= 4 is 23.8 Å². The second-order valence-corrected chi connectivity index (χ2v) is 7.04. The third-order valence-corrected chi connectivity index (χ3v) is 4.43. The monoisotopic (exact) mass is 392 g/mol. The highest BCUT2D eigenvalue weighted by molar-refractivity contribution is 7.99. The Morgan fingerprint density at radius 2 is 1.93 bits per heavy atom. The van der Waals surface area contributed by atoms with Gasteiger partial charge in [-0.1, -0.05) is 25.6 Å². The van der Waals surface area contributed by atoms with Crippen molar-refractivity contribution in [3.05, 3.63) is 24.3 Å². The highest BCUT2D eigenvalue weighted by Crippen LogP contribution is 2.26. The lowest BCUT2D eigenvalue weighted by Gasteiger charge is -2.12. The minimum Gasteiger partial charge on any atom is -0.497 e. The van der Waals surface area contributed by atoms with Gasteiger partial charge in [0.2, 0.25) is 5.91 Å². The number of rotatable bonds is 8. The van der Waals surface area contributed by atoms with Crippen LogP contribution in [0.4, 0.5) is 4.79 Å². The van der Waals surface area contributed by atoms with E-state index < -0.39 is 12.0 Å². The van der Waals surface area contributed by atoms with E-state index in [1.807, 2.05) is 28.8 Å². The summed E-state index contributed by atoms with van der Waals surface area (Å²) in [6, 6.07) is 7.57. The van der Waals surface area contributed by atoms with Crippen LogP contribution in [0.5, 0.6) is 5.75 Å². The number of nitrogens with one attached hydrogen (secondary N) is 1. The van der Waals surface area contributed by atoms with Gasteiger partial charge in [-0.25, -0.2) is 4.79 Å². The Hall–Kier alpha value is -2.55. The molecule has 0 spiro atoms. The fourth-order valence-electron chi connectivity index (χ4n) is 2.33. The smallest absolute Gasteiger partial charge is 0.413 e. The van der Waals surface area contributed by atoms with Crippen LogP contribution in [0.3, 0.4) is 0 Å². The molecule has 0 atom stereocenters. The molecule has 0 fully saturated rings. The number of carbonyl (C=O) groups is 2. The number of alkyl carbamates (subject to hydrolysis) is 1. The summed E-state index contributed by atoms with van der Waals surface area (Å²) >= 11 is 1.23. The fraction of sp³-hybridized carbons (Fsp3) is 0.444. The van der Waals surface area contributed by atoms with Gasteiger partial charge >= 0.3 is 6.09 Å². The molecule has 27 heavy (non-hydrogen) atoms. The van der Waals surface area contributed by atoms with Crippen LogP contribution in [0.15, 0.2) is 29.4 Å². The van der Waals surface area contributed by atoms with Gasteiger partial charge in [0.25, 0.3) is 0 Å². The van der Waals surface area contributed by atoms with Gasteiger partial charge < -0.3 is 14.0 Å². The summed E-state index contributed by atoms with van der Waals surface area (Å²) in [4.78, 5) is 23.2. The van der Waals surface area contributed by atoms with Crippen molar-refractivity contribution in [2.24, 2.45) is 5.92 Å². The van der Waals surface area contributed by atoms with Gasteiger partial charge in [-0.15, -0.1) is 10.2 Å². The SMILES string of the molecule is CCOC(=O)NC(=O)CSc1nnc(-c2ccc(OC)cc2)n1CC(C)C. The zero-order valence-corrected chi connectivity index (χ0v) is 16.7. The Morgan fingerprint density at radius 3 is 2.52 bits per heavy atom. The van der Waals surface area contributed by atoms with Crippen LogP contribution in [-0.4, -0.2) is 46.2 Å². The summed E-state index contributed by atoms with van der Waals surface area (Å²) in [6.07, 6.45) is -0.745. The molecule has 0 aliphatic rings. The number of hydrogen-bond donors (Lipinski definition) is 1. The Kier molecular flexibility index (Phi) is 7.66. The summed E-state index contributed by atoms with van der Waals surface area (Å²) in [5.74, 6) is 1.45. The molecule has 1 aromatic carbocycles. The van der Waals surface area contributed by atoms with Gasteiger partial charge in [0.1, 0.15) is 5.75 Å². The van der Waals surface area contributed by atoms with Crippen LogP contribution in [0, 0.1) is 5.92 Å². The fourth-order valence-corrected chi connectivity index (χ4v) is 3.07. The molecule has 0 unspecified atom stereocenters. The van der Waals surface area contributed by atoms with Crippen LogP contribution in [0.2, 0.25) is 0 Å². The molecule has 1 aromatic heterocycles. The van der Waals surface area contributed by atoms with E-state index in [2.05, 4.69) is 29.4 Å². The Bertz CT molecular complexity index is 774. The van der Waals surface area contributed by atoms with Crippen molar-refractivity contribution < 1.29 is 19.1 Å². The van der Waals surface area contributed by atoms with Crippen molar-refractivity contribution in [2.75, 3.05) is 19.5 Å². The molecule has 1 heterocycles. The van der Waals surface area contributed by atoms with Gasteiger partial charge in [-0.2, -0.15) is 0 Å². The van der Waals surface area contributed by atoms with Gasteiger partial charge in [0.15, 0.2) is 11.0 Å². The number of benzene rings is 1. The van der Waals surface area contributed by atoms with Gasteiger partial charge in [-0.3, -0.25) is 10.1 Å². The number of ether oxygens (including phenoxy) is 2. The van der Waals surface area contributed by atoms with E-state index in [1.54, 1.807) is 14.0 Å². The first-order chi connectivity index (χ1) is 12.9. The first-order valence-electron chi connectivity index (χ1n) is 8.61. The number of nitrogens with zero attached hydrogens (tertiary/aromatic N) is 3. The molecule has 146 valence electrons. The molecule has 0 saturated heterocycles. The molecule has 2 amide bonds. The lowest BCUT2D eigenvalue weighted by atomic mass is 10.2. The Balaban J connectivity index is 2.15. The van der Waals surface area contributed by atoms with E-state index in [-0.39, 0.29) is 12.4 Å². The maximum Gasteiger partial charge on any atom is 0.413 e. The second-order valence-electron chi connectivity index (χ2n) is 6.10. The van der Waals surface area contributed by atoms with Crippen molar-refractivity contribution in [3.8, 4) is 17.1 Å². The summed E-state index contributed by atoms with van der Waals surface area (Å²) < 4.78 is 11.9. The number of hydrogen-bond acceptors (Lipinski definition) is 7. The quantitative estimate of drug-likeness (QED) is 0.690. The molecule has 0 aliphatic heterocycles. The predicted octanol–water partition coefficient (Wildman–Crippen LogP) is 2.97. The third kappa shape index (κ3) is 5.99. The van der Waals surface area contributed by atoms with Crippen molar-refractivity contribution in [1.82, 2.24) is 20.1 Å². The Morgan fingerprint density at radius 1 is 1.22 bits per heavy atom. The van der Waals surface area contributed by atoms with E-state index in [0.717, 1.165) is 17.1 Å². The number of amides is 2. The molecule has 2 aromatic rings. The van der Waals surface area contributed by atoms with Crippen LogP contribution in [0.25, 0.3) is 11.4 Å². The summed E-state index contributed by atoms with van der Waals surface area (Å²) in [5, 5.41) is 11.3. The average Bonchev–Trinajstić information content (AvgIpc) is 3.02. The molecule has 0 saturated carbocycles. The van der Waals surface area contributed by atoms with Crippen molar-refractivity contribution in [1.29, 1.82) is 0 Å². The highest BCUT2D eigenvalue weighted by atomic mass is 32.2. The molecule has 1 N–H and O–H groups in total. The normalized spacial score (nSPS) is 10.7. The van der Waals surface area contributed by atoms with Gasteiger partial charge in [-0.05, 0) is 37.1 Å². The van der Waals surface area contributed by atoms with Crippen LogP contribution < -0.4 is 10.1 Å². The molecular formula is C18H24N4O4S.